The molecule has 1 saturated heterocycles. The second-order valence-corrected chi connectivity index (χ2v) is 3.40. The molecule has 14 heavy (non-hydrogen) atoms. The minimum Gasteiger partial charge on any atom is -0.425 e. The van der Waals surface area contributed by atoms with Gasteiger partial charge in [-0.15, -0.1) is 6.58 Å². The van der Waals surface area contributed by atoms with Crippen LogP contribution in [0.3, 0.4) is 0 Å². The number of hydrogen-bond donors (Lipinski definition) is 0. The van der Waals surface area contributed by atoms with Crippen molar-refractivity contribution in [1.29, 1.82) is 0 Å². The normalized spacial score (nSPS) is 31.0. The first kappa shape index (κ1) is 10.8. The van der Waals surface area contributed by atoms with Crippen LogP contribution in [0.4, 0.5) is 0 Å². The summed E-state index contributed by atoms with van der Waals surface area (Å²) in [6.45, 7) is 6.68. The monoisotopic (exact) mass is 198 g/mol. The fourth-order valence-corrected chi connectivity index (χ4v) is 1.50. The molecule has 0 aromatic rings. The van der Waals surface area contributed by atoms with E-state index in [-0.39, 0.29) is 17.8 Å². The highest BCUT2D eigenvalue weighted by Crippen LogP contribution is 2.31. The molecule has 3 atom stereocenters. The quantitative estimate of drug-likeness (QED) is 0.506. The van der Waals surface area contributed by atoms with Crippen LogP contribution in [0.1, 0.15) is 20.3 Å². The lowest BCUT2D eigenvalue weighted by Gasteiger charge is -2.14. The smallest absolute Gasteiger partial charge is 0.312 e. The molecule has 1 fully saturated rings. The predicted octanol–water partition coefficient (Wildman–Crippen LogP) is 1.26. The van der Waals surface area contributed by atoms with E-state index in [1.54, 1.807) is 6.08 Å². The highest BCUT2D eigenvalue weighted by Gasteiger charge is 2.42. The van der Waals surface area contributed by atoms with Crippen molar-refractivity contribution in [2.45, 2.75) is 26.6 Å². The van der Waals surface area contributed by atoms with E-state index in [2.05, 4.69) is 6.58 Å². The van der Waals surface area contributed by atoms with Gasteiger partial charge in [0.1, 0.15) is 0 Å². The summed E-state index contributed by atoms with van der Waals surface area (Å²) in [6, 6.07) is 0. The Labute approximate surface area is 82.9 Å². The summed E-state index contributed by atoms with van der Waals surface area (Å²) in [5, 5.41) is 0. The zero-order chi connectivity index (χ0) is 10.7. The molecule has 0 N–H and O–H groups in total. The molecule has 0 bridgehead atoms. The average Bonchev–Trinajstić information content (AvgIpc) is 2.32. The molecule has 4 nitrogen and oxygen atoms in total. The first-order valence-corrected chi connectivity index (χ1v) is 4.55. The van der Waals surface area contributed by atoms with Gasteiger partial charge in [-0.3, -0.25) is 9.59 Å². The Hall–Kier alpha value is -1.32. The fraction of sp³-hybridized carbons (Fsp3) is 0.600. The van der Waals surface area contributed by atoms with E-state index in [0.29, 0.717) is 6.42 Å². The van der Waals surface area contributed by atoms with Gasteiger partial charge < -0.3 is 9.47 Å². The van der Waals surface area contributed by atoms with Crippen LogP contribution >= 0.6 is 0 Å². The van der Waals surface area contributed by atoms with Gasteiger partial charge in [0.15, 0.2) is 0 Å². The van der Waals surface area contributed by atoms with E-state index in [0.717, 1.165) is 0 Å². The Morgan fingerprint density at radius 2 is 2.36 bits per heavy atom. The molecule has 0 aliphatic carbocycles. The van der Waals surface area contributed by atoms with Crippen LogP contribution in [0.25, 0.3) is 0 Å². The van der Waals surface area contributed by atoms with Crippen LogP contribution in [-0.4, -0.2) is 18.2 Å². The van der Waals surface area contributed by atoms with Crippen molar-refractivity contribution in [1.82, 2.24) is 0 Å². The van der Waals surface area contributed by atoms with Gasteiger partial charge in [-0.1, -0.05) is 13.0 Å². The molecule has 0 spiro atoms. The zero-order valence-corrected chi connectivity index (χ0v) is 8.36. The molecule has 0 aromatic carbocycles. The summed E-state index contributed by atoms with van der Waals surface area (Å²) in [5.74, 6) is -1.10. The van der Waals surface area contributed by atoms with E-state index in [1.807, 2.05) is 6.92 Å². The van der Waals surface area contributed by atoms with E-state index in [9.17, 15) is 9.59 Å². The van der Waals surface area contributed by atoms with Crippen molar-refractivity contribution in [3.63, 3.8) is 0 Å². The van der Waals surface area contributed by atoms with Gasteiger partial charge in [0.05, 0.1) is 5.92 Å². The molecule has 0 saturated carbocycles. The molecule has 1 rings (SSSR count). The number of esters is 2. The minimum absolute atomic E-state index is 0.107. The minimum atomic E-state index is -0.732. The lowest BCUT2D eigenvalue weighted by Crippen LogP contribution is -2.22. The molecular weight excluding hydrogens is 184 g/mol. The van der Waals surface area contributed by atoms with Crippen LogP contribution in [0.5, 0.6) is 0 Å². The maximum absolute atomic E-state index is 11.3. The van der Waals surface area contributed by atoms with Crippen molar-refractivity contribution < 1.29 is 19.1 Å². The Morgan fingerprint density at radius 3 is 2.86 bits per heavy atom. The standard InChI is InChI=1S/C10H14O4/c1-4-5-8-6(2)10(13-7(3)11)14-9(8)12/h4,6,8,10H,1,5H2,2-3H3. The number of allylic oxidation sites excluding steroid dienone is 1. The molecule has 0 amide bonds. The topological polar surface area (TPSA) is 52.6 Å². The second-order valence-electron chi connectivity index (χ2n) is 3.40. The van der Waals surface area contributed by atoms with Gasteiger partial charge in [-0.05, 0) is 6.42 Å². The lowest BCUT2D eigenvalue weighted by molar-refractivity contribution is -0.179. The number of ether oxygens (including phenoxy) is 2. The Kier molecular flexibility index (Phi) is 3.28. The summed E-state index contributed by atoms with van der Waals surface area (Å²) < 4.78 is 9.77. The molecule has 1 aliphatic rings. The summed E-state index contributed by atoms with van der Waals surface area (Å²) >= 11 is 0. The number of cyclic esters (lactones) is 1. The third kappa shape index (κ3) is 2.13. The molecule has 78 valence electrons. The molecule has 0 radical (unpaired) electrons. The molecule has 4 heteroatoms. The van der Waals surface area contributed by atoms with Gasteiger partial charge >= 0.3 is 11.9 Å². The molecule has 3 unspecified atom stereocenters. The van der Waals surface area contributed by atoms with Gasteiger partial charge in [-0.2, -0.15) is 0 Å². The lowest BCUT2D eigenvalue weighted by atomic mass is 9.93. The number of rotatable bonds is 3. The first-order chi connectivity index (χ1) is 6.56. The van der Waals surface area contributed by atoms with E-state index >= 15 is 0 Å². The summed E-state index contributed by atoms with van der Waals surface area (Å²) in [6.07, 6.45) is 1.49. The Balaban J connectivity index is 2.63. The van der Waals surface area contributed by atoms with Crippen LogP contribution in [-0.2, 0) is 19.1 Å². The Bertz CT molecular complexity index is 259. The third-order valence-corrected chi connectivity index (χ3v) is 2.30. The first-order valence-electron chi connectivity index (χ1n) is 4.55. The van der Waals surface area contributed by atoms with Crippen LogP contribution in [0.2, 0.25) is 0 Å². The second kappa shape index (κ2) is 4.26. The van der Waals surface area contributed by atoms with Crippen LogP contribution in [0, 0.1) is 11.8 Å². The van der Waals surface area contributed by atoms with Gasteiger partial charge in [0.2, 0.25) is 0 Å². The number of carbonyl (C=O) groups excluding carboxylic acids is 2. The SMILES string of the molecule is C=CCC1C(=O)OC(OC(C)=O)C1C. The van der Waals surface area contributed by atoms with E-state index < -0.39 is 12.3 Å². The number of carbonyl (C=O) groups is 2. The van der Waals surface area contributed by atoms with Crippen LogP contribution < -0.4 is 0 Å². The molecule has 1 aliphatic heterocycles. The number of hydrogen-bond acceptors (Lipinski definition) is 4. The van der Waals surface area contributed by atoms with Crippen LogP contribution in [0.15, 0.2) is 12.7 Å². The van der Waals surface area contributed by atoms with Crippen molar-refractivity contribution in [2.24, 2.45) is 11.8 Å². The average molecular weight is 198 g/mol. The zero-order valence-electron chi connectivity index (χ0n) is 8.36. The van der Waals surface area contributed by atoms with E-state index in [1.165, 1.54) is 6.92 Å². The Morgan fingerprint density at radius 1 is 1.71 bits per heavy atom. The fourth-order valence-electron chi connectivity index (χ4n) is 1.50. The van der Waals surface area contributed by atoms with Crippen molar-refractivity contribution >= 4 is 11.9 Å². The van der Waals surface area contributed by atoms with E-state index in [4.69, 9.17) is 9.47 Å². The predicted molar refractivity (Wildman–Crippen MR) is 49.1 cm³/mol. The summed E-state index contributed by atoms with van der Waals surface area (Å²) in [5.41, 5.74) is 0. The maximum atomic E-state index is 11.3. The summed E-state index contributed by atoms with van der Waals surface area (Å²) in [4.78, 5) is 22.0. The maximum Gasteiger partial charge on any atom is 0.312 e. The molecule has 0 aromatic heterocycles. The van der Waals surface area contributed by atoms with Gasteiger partial charge in [0.25, 0.3) is 6.29 Å². The molecular formula is C10H14O4. The van der Waals surface area contributed by atoms with Gasteiger partial charge in [0, 0.05) is 12.8 Å². The largest absolute Gasteiger partial charge is 0.425 e. The van der Waals surface area contributed by atoms with Crippen molar-refractivity contribution in [3.05, 3.63) is 12.7 Å². The molecule has 1 heterocycles. The van der Waals surface area contributed by atoms with Crippen molar-refractivity contribution in [2.75, 3.05) is 0 Å². The van der Waals surface area contributed by atoms with Crippen molar-refractivity contribution in [3.8, 4) is 0 Å². The summed E-state index contributed by atoms with van der Waals surface area (Å²) in [7, 11) is 0. The highest BCUT2D eigenvalue weighted by atomic mass is 16.7. The van der Waals surface area contributed by atoms with Gasteiger partial charge in [-0.25, -0.2) is 0 Å². The third-order valence-electron chi connectivity index (χ3n) is 2.30. The highest BCUT2D eigenvalue weighted by molar-refractivity contribution is 5.76.